The summed E-state index contributed by atoms with van der Waals surface area (Å²) in [5, 5.41) is 0.933. The van der Waals surface area contributed by atoms with Gasteiger partial charge in [0, 0.05) is 11.6 Å². The molecule has 0 aliphatic rings. The molecule has 0 amide bonds. The predicted octanol–water partition coefficient (Wildman–Crippen LogP) is 4.34. The minimum absolute atomic E-state index is 0.169. The number of hydrogen-bond acceptors (Lipinski definition) is 3. The van der Waals surface area contributed by atoms with Gasteiger partial charge < -0.3 is 0 Å². The zero-order valence-electron chi connectivity index (χ0n) is 13.1. The molecule has 4 nitrogen and oxygen atoms in total. The lowest BCUT2D eigenvalue weighted by Crippen LogP contribution is -2.17. The lowest BCUT2D eigenvalue weighted by molar-refractivity contribution is 0.588. The topological polar surface area (TPSA) is 59.1 Å². The van der Waals surface area contributed by atoms with E-state index in [4.69, 9.17) is 0 Å². The van der Waals surface area contributed by atoms with E-state index < -0.39 is 10.0 Å². The van der Waals surface area contributed by atoms with Crippen molar-refractivity contribution in [2.75, 3.05) is 10.5 Å². The minimum atomic E-state index is -3.31. The molecule has 120 valence electrons. The molecule has 0 spiro atoms. The molecule has 0 saturated heterocycles. The van der Waals surface area contributed by atoms with Crippen LogP contribution in [0.15, 0.2) is 36.5 Å². The summed E-state index contributed by atoms with van der Waals surface area (Å²) in [5.41, 5.74) is 1.25. The molecule has 2 rings (SSSR count). The van der Waals surface area contributed by atoms with Crippen molar-refractivity contribution >= 4 is 26.6 Å². The predicted molar refractivity (Wildman–Crippen MR) is 92.5 cm³/mol. The van der Waals surface area contributed by atoms with Crippen molar-refractivity contribution in [1.82, 2.24) is 4.98 Å². The summed E-state index contributed by atoms with van der Waals surface area (Å²) in [7, 11) is -3.31. The summed E-state index contributed by atoms with van der Waals surface area (Å²) in [5.74, 6) is 0.169. The van der Waals surface area contributed by atoms with E-state index in [0.29, 0.717) is 17.6 Å². The van der Waals surface area contributed by atoms with E-state index in [9.17, 15) is 8.42 Å². The number of unbranched alkanes of at least 4 members (excludes halogenated alkanes) is 5. The Balaban J connectivity index is 1.93. The number of sulfonamides is 1. The van der Waals surface area contributed by atoms with E-state index in [1.54, 1.807) is 12.3 Å². The molecule has 0 radical (unpaired) electrons. The van der Waals surface area contributed by atoms with Crippen molar-refractivity contribution in [3.05, 3.63) is 36.5 Å². The van der Waals surface area contributed by atoms with Crippen LogP contribution in [0.3, 0.4) is 0 Å². The van der Waals surface area contributed by atoms with Crippen LogP contribution < -0.4 is 4.72 Å². The van der Waals surface area contributed by atoms with Gasteiger partial charge >= 0.3 is 0 Å². The molecule has 1 heterocycles. The molecular weight excluding hydrogens is 296 g/mol. The summed E-state index contributed by atoms with van der Waals surface area (Å²) >= 11 is 0. The quantitative estimate of drug-likeness (QED) is 0.699. The van der Waals surface area contributed by atoms with Gasteiger partial charge in [-0.2, -0.15) is 0 Å². The zero-order chi connectivity index (χ0) is 15.8. The average Bonchev–Trinajstić information content (AvgIpc) is 2.51. The van der Waals surface area contributed by atoms with E-state index >= 15 is 0 Å². The van der Waals surface area contributed by atoms with E-state index in [-0.39, 0.29) is 5.75 Å². The Hall–Kier alpha value is -1.62. The van der Waals surface area contributed by atoms with Gasteiger partial charge in [0.25, 0.3) is 0 Å². The van der Waals surface area contributed by atoms with Crippen LogP contribution in [0.25, 0.3) is 10.9 Å². The van der Waals surface area contributed by atoms with Crippen molar-refractivity contribution in [3.8, 4) is 0 Å². The SMILES string of the molecule is CCCCCCCCS(=O)(=O)Nc1cccc2cccnc12. The summed E-state index contributed by atoms with van der Waals surface area (Å²) < 4.78 is 27.1. The van der Waals surface area contributed by atoms with Gasteiger partial charge in [0.2, 0.25) is 10.0 Å². The molecule has 1 aromatic carbocycles. The Morgan fingerprint density at radius 1 is 1.00 bits per heavy atom. The lowest BCUT2D eigenvalue weighted by atomic mass is 10.1. The highest BCUT2D eigenvalue weighted by Gasteiger charge is 2.12. The van der Waals surface area contributed by atoms with Crippen LogP contribution in [0.4, 0.5) is 5.69 Å². The second kappa shape index (κ2) is 8.13. The standard InChI is InChI=1S/C17H24N2O2S/c1-2-3-4-5-6-7-14-22(20,21)19-16-12-8-10-15-11-9-13-18-17(15)16/h8-13,19H,2-7,14H2,1H3. The highest BCUT2D eigenvalue weighted by molar-refractivity contribution is 7.92. The lowest BCUT2D eigenvalue weighted by Gasteiger charge is -2.10. The van der Waals surface area contributed by atoms with Crippen LogP contribution in [-0.2, 0) is 10.0 Å². The number of rotatable bonds is 9. The Labute approximate surface area is 133 Å². The monoisotopic (exact) mass is 320 g/mol. The molecule has 5 heteroatoms. The number of para-hydroxylation sites is 1. The van der Waals surface area contributed by atoms with Crippen LogP contribution in [-0.4, -0.2) is 19.2 Å². The number of hydrogen-bond donors (Lipinski definition) is 1. The molecule has 0 bridgehead atoms. The Morgan fingerprint density at radius 3 is 2.55 bits per heavy atom. The second-order valence-corrected chi connectivity index (χ2v) is 7.41. The third-order valence-electron chi connectivity index (χ3n) is 3.66. The first kappa shape index (κ1) is 16.7. The summed E-state index contributed by atoms with van der Waals surface area (Å²) in [6.07, 6.45) is 8.08. The molecule has 2 aromatic rings. The van der Waals surface area contributed by atoms with E-state index in [1.807, 2.05) is 24.3 Å². The highest BCUT2D eigenvalue weighted by Crippen LogP contribution is 2.22. The van der Waals surface area contributed by atoms with Gasteiger partial charge in [-0.25, -0.2) is 8.42 Å². The Bertz CT molecular complexity index is 693. The van der Waals surface area contributed by atoms with Gasteiger partial charge in [-0.05, 0) is 18.6 Å². The van der Waals surface area contributed by atoms with E-state index in [1.165, 1.54) is 19.3 Å². The van der Waals surface area contributed by atoms with Crippen LogP contribution in [0, 0.1) is 0 Å². The number of nitrogens with zero attached hydrogens (tertiary/aromatic N) is 1. The fourth-order valence-electron chi connectivity index (χ4n) is 2.48. The molecule has 0 atom stereocenters. The number of pyridine rings is 1. The van der Waals surface area contributed by atoms with Gasteiger partial charge in [0.1, 0.15) is 0 Å². The number of nitrogens with one attached hydrogen (secondary N) is 1. The molecule has 1 N–H and O–H groups in total. The summed E-state index contributed by atoms with van der Waals surface area (Å²) in [6.45, 7) is 2.17. The fraction of sp³-hybridized carbons (Fsp3) is 0.471. The molecular formula is C17H24N2O2S. The largest absolute Gasteiger partial charge is 0.281 e. The van der Waals surface area contributed by atoms with Crippen LogP contribution in [0.2, 0.25) is 0 Å². The van der Waals surface area contributed by atoms with Crippen molar-refractivity contribution < 1.29 is 8.42 Å². The summed E-state index contributed by atoms with van der Waals surface area (Å²) in [6, 6.07) is 9.29. The molecule has 22 heavy (non-hydrogen) atoms. The number of anilines is 1. The zero-order valence-corrected chi connectivity index (χ0v) is 13.9. The Kier molecular flexibility index (Phi) is 6.19. The summed E-state index contributed by atoms with van der Waals surface area (Å²) in [4.78, 5) is 4.27. The highest BCUT2D eigenvalue weighted by atomic mass is 32.2. The van der Waals surface area contributed by atoms with Crippen molar-refractivity contribution in [2.24, 2.45) is 0 Å². The van der Waals surface area contributed by atoms with E-state index in [0.717, 1.165) is 18.2 Å². The smallest absolute Gasteiger partial charge is 0.232 e. The van der Waals surface area contributed by atoms with Crippen LogP contribution in [0.5, 0.6) is 0 Å². The second-order valence-electron chi connectivity index (χ2n) is 5.57. The van der Waals surface area contributed by atoms with Gasteiger partial charge in [0.05, 0.1) is 17.0 Å². The van der Waals surface area contributed by atoms with Gasteiger partial charge in [-0.1, -0.05) is 57.2 Å². The normalized spacial score (nSPS) is 11.7. The molecule has 0 fully saturated rings. The van der Waals surface area contributed by atoms with Crippen molar-refractivity contribution in [2.45, 2.75) is 45.4 Å². The van der Waals surface area contributed by atoms with Gasteiger partial charge in [0.15, 0.2) is 0 Å². The molecule has 1 aromatic heterocycles. The third kappa shape index (κ3) is 4.98. The third-order valence-corrected chi connectivity index (χ3v) is 5.02. The van der Waals surface area contributed by atoms with Gasteiger partial charge in [-0.15, -0.1) is 0 Å². The Morgan fingerprint density at radius 2 is 1.73 bits per heavy atom. The molecule has 0 aliphatic heterocycles. The maximum atomic E-state index is 12.2. The maximum Gasteiger partial charge on any atom is 0.232 e. The van der Waals surface area contributed by atoms with Crippen molar-refractivity contribution in [3.63, 3.8) is 0 Å². The molecule has 0 unspecified atom stereocenters. The molecule has 0 aliphatic carbocycles. The van der Waals surface area contributed by atoms with Crippen LogP contribution >= 0.6 is 0 Å². The minimum Gasteiger partial charge on any atom is -0.281 e. The van der Waals surface area contributed by atoms with Crippen molar-refractivity contribution in [1.29, 1.82) is 0 Å². The van der Waals surface area contributed by atoms with E-state index in [2.05, 4.69) is 16.6 Å². The van der Waals surface area contributed by atoms with Gasteiger partial charge in [-0.3, -0.25) is 9.71 Å². The first-order valence-electron chi connectivity index (χ1n) is 7.96. The molecule has 0 saturated carbocycles. The number of benzene rings is 1. The average molecular weight is 320 g/mol. The maximum absolute atomic E-state index is 12.2. The number of aromatic nitrogens is 1. The van der Waals surface area contributed by atoms with Crippen LogP contribution in [0.1, 0.15) is 45.4 Å². The number of fused-ring (bicyclic) bond motifs is 1. The fourth-order valence-corrected chi connectivity index (χ4v) is 3.66. The first-order chi connectivity index (χ1) is 10.6. The first-order valence-corrected chi connectivity index (χ1v) is 9.62.